The van der Waals surface area contributed by atoms with Gasteiger partial charge in [-0.1, -0.05) is 6.42 Å². The predicted octanol–water partition coefficient (Wildman–Crippen LogP) is 0.275. The summed E-state index contributed by atoms with van der Waals surface area (Å²) < 4.78 is 37.5. The van der Waals surface area contributed by atoms with Crippen molar-refractivity contribution in [3.63, 3.8) is 0 Å². The van der Waals surface area contributed by atoms with Crippen LogP contribution < -0.4 is 10.0 Å². The van der Waals surface area contributed by atoms with E-state index < -0.39 is 16.1 Å². The highest BCUT2D eigenvalue weighted by atomic mass is 32.2. The van der Waals surface area contributed by atoms with Crippen LogP contribution in [-0.4, -0.2) is 74.4 Å². The van der Waals surface area contributed by atoms with Crippen LogP contribution in [-0.2, 0) is 30.9 Å². The fourth-order valence-electron chi connectivity index (χ4n) is 2.81. The minimum atomic E-state index is -3.46. The van der Waals surface area contributed by atoms with Gasteiger partial charge in [0.2, 0.25) is 15.9 Å². The molecular weight excluding hydrogens is 402 g/mol. The average Bonchev–Trinajstić information content (AvgIpc) is 3.24. The third-order valence-electron chi connectivity index (χ3n) is 4.35. The number of hydrogen-bond acceptors (Lipinski definition) is 7. The monoisotopic (exact) mass is 431 g/mol. The largest absolute Gasteiger partial charge is 0.382 e. The van der Waals surface area contributed by atoms with Crippen molar-refractivity contribution in [2.75, 3.05) is 39.2 Å². The van der Waals surface area contributed by atoms with Crippen LogP contribution in [0.3, 0.4) is 0 Å². The highest BCUT2D eigenvalue weighted by Crippen LogP contribution is 2.12. The number of carbonyl (C=O) groups excluding carboxylic acids is 2. The number of ether oxygens (including phenoxy) is 2. The van der Waals surface area contributed by atoms with Gasteiger partial charge in [0.25, 0.3) is 0 Å². The maximum absolute atomic E-state index is 12.3. The van der Waals surface area contributed by atoms with E-state index in [-0.39, 0.29) is 24.2 Å². The Morgan fingerprint density at radius 3 is 2.76 bits per heavy atom. The van der Waals surface area contributed by atoms with Crippen LogP contribution in [0.5, 0.6) is 0 Å². The van der Waals surface area contributed by atoms with Crippen LogP contribution in [0, 0.1) is 0 Å². The van der Waals surface area contributed by atoms with Gasteiger partial charge in [0.05, 0.1) is 30.7 Å². The summed E-state index contributed by atoms with van der Waals surface area (Å²) in [5.74, 6) is 0.301. The molecule has 1 unspecified atom stereocenters. The van der Waals surface area contributed by atoms with Crippen LogP contribution in [0.2, 0.25) is 0 Å². The smallest absolute Gasteiger partial charge is 0.324 e. The molecular formula is C17H29N5O6S. The maximum Gasteiger partial charge on any atom is 0.324 e. The molecule has 0 radical (unpaired) electrons. The number of hydrogen-bond donors (Lipinski definition) is 3. The minimum absolute atomic E-state index is 0.0103. The molecule has 11 nitrogen and oxygen atoms in total. The van der Waals surface area contributed by atoms with Crippen LogP contribution in [0.1, 0.15) is 43.7 Å². The molecule has 1 aliphatic rings. The molecule has 0 bridgehead atoms. The molecule has 164 valence electrons. The second-order valence-corrected chi connectivity index (χ2v) is 8.70. The second-order valence-electron chi connectivity index (χ2n) is 6.82. The summed E-state index contributed by atoms with van der Waals surface area (Å²) in [7, 11) is -1.86. The van der Waals surface area contributed by atoms with Crippen LogP contribution >= 0.6 is 0 Å². The normalized spacial score (nSPS) is 15.7. The summed E-state index contributed by atoms with van der Waals surface area (Å²) in [5, 5.41) is 2.21. The number of nitrogens with zero attached hydrogens (tertiary/aromatic N) is 2. The fraction of sp³-hybridized carbons (Fsp3) is 0.706. The number of urea groups is 1. The maximum atomic E-state index is 12.3. The van der Waals surface area contributed by atoms with Gasteiger partial charge in [0.15, 0.2) is 0 Å². The van der Waals surface area contributed by atoms with E-state index in [4.69, 9.17) is 9.47 Å². The van der Waals surface area contributed by atoms with Gasteiger partial charge in [-0.05, 0) is 19.8 Å². The Hall–Kier alpha value is -2.02. The zero-order valence-corrected chi connectivity index (χ0v) is 17.6. The van der Waals surface area contributed by atoms with E-state index in [1.807, 2.05) is 0 Å². The molecule has 1 aliphatic heterocycles. The number of amides is 3. The van der Waals surface area contributed by atoms with Gasteiger partial charge in [-0.2, -0.15) is 0 Å². The molecule has 29 heavy (non-hydrogen) atoms. The molecule has 0 saturated carbocycles. The highest BCUT2D eigenvalue weighted by Gasteiger charge is 2.25. The Bertz CT molecular complexity index is 781. The van der Waals surface area contributed by atoms with Crippen molar-refractivity contribution in [2.45, 2.75) is 38.8 Å². The lowest BCUT2D eigenvalue weighted by Crippen LogP contribution is -2.30. The molecule has 3 N–H and O–H groups in total. The first-order valence-corrected chi connectivity index (χ1v) is 11.1. The predicted molar refractivity (Wildman–Crippen MR) is 104 cm³/mol. The fourth-order valence-corrected chi connectivity index (χ4v) is 4.18. The Morgan fingerprint density at radius 1 is 1.28 bits per heavy atom. The molecule has 0 aromatic carbocycles. The summed E-state index contributed by atoms with van der Waals surface area (Å²) in [6.45, 7) is 3.48. The lowest BCUT2D eigenvalue weighted by atomic mass is 10.2. The summed E-state index contributed by atoms with van der Waals surface area (Å²) in [6.07, 6.45) is 3.33. The van der Waals surface area contributed by atoms with E-state index >= 15 is 0 Å². The lowest BCUT2D eigenvalue weighted by molar-refractivity contribution is -0.118. The highest BCUT2D eigenvalue weighted by molar-refractivity contribution is 7.89. The number of H-pyrrole nitrogens is 1. The van der Waals surface area contributed by atoms with Crippen molar-refractivity contribution < 1.29 is 27.5 Å². The van der Waals surface area contributed by atoms with Crippen LogP contribution in [0.4, 0.5) is 4.79 Å². The first kappa shape index (κ1) is 23.3. The molecule has 1 atom stereocenters. The van der Waals surface area contributed by atoms with E-state index in [1.54, 1.807) is 20.2 Å². The molecule has 12 heteroatoms. The van der Waals surface area contributed by atoms with E-state index in [0.717, 1.165) is 0 Å². The first-order valence-electron chi connectivity index (χ1n) is 9.50. The molecule has 2 heterocycles. The van der Waals surface area contributed by atoms with Crippen molar-refractivity contribution in [3.8, 4) is 0 Å². The van der Waals surface area contributed by atoms with Gasteiger partial charge in [-0.3, -0.25) is 10.1 Å². The summed E-state index contributed by atoms with van der Waals surface area (Å²) in [6, 6.07) is -0.833. The van der Waals surface area contributed by atoms with Gasteiger partial charge in [0, 0.05) is 19.9 Å². The second kappa shape index (κ2) is 11.2. The quantitative estimate of drug-likeness (QED) is 0.283. The summed E-state index contributed by atoms with van der Waals surface area (Å²) in [4.78, 5) is 31.2. The third kappa shape index (κ3) is 8.09. The number of methoxy groups -OCH3 is 1. The first-order chi connectivity index (χ1) is 13.8. The topological polar surface area (TPSA) is 143 Å². The zero-order valence-electron chi connectivity index (χ0n) is 16.8. The van der Waals surface area contributed by atoms with Crippen molar-refractivity contribution in [3.05, 3.63) is 17.7 Å². The van der Waals surface area contributed by atoms with Crippen molar-refractivity contribution in [2.24, 2.45) is 0 Å². The number of aromatic nitrogens is 2. The Morgan fingerprint density at radius 2 is 2.07 bits per heavy atom. The van der Waals surface area contributed by atoms with Crippen molar-refractivity contribution >= 4 is 22.0 Å². The average molecular weight is 432 g/mol. The van der Waals surface area contributed by atoms with E-state index in [2.05, 4.69) is 20.0 Å². The number of unbranched alkanes of at least 4 members (excludes halogenated alkanes) is 2. The number of rotatable bonds is 14. The summed E-state index contributed by atoms with van der Waals surface area (Å²) >= 11 is 0. The Kier molecular flexibility index (Phi) is 9.01. The molecule has 3 amide bonds. The van der Waals surface area contributed by atoms with Gasteiger partial charge >= 0.3 is 6.03 Å². The third-order valence-corrected chi connectivity index (χ3v) is 5.89. The van der Waals surface area contributed by atoms with Crippen molar-refractivity contribution in [1.29, 1.82) is 0 Å². The molecule has 0 aliphatic carbocycles. The molecule has 1 saturated heterocycles. The molecule has 1 aromatic heterocycles. The molecule has 2 rings (SSSR count). The van der Waals surface area contributed by atoms with Gasteiger partial charge in [-0.15, -0.1) is 0 Å². The minimum Gasteiger partial charge on any atom is -0.382 e. The number of carbonyl (C=O) groups is 2. The van der Waals surface area contributed by atoms with Crippen molar-refractivity contribution in [1.82, 2.24) is 24.9 Å². The van der Waals surface area contributed by atoms with Crippen LogP contribution in [0.25, 0.3) is 0 Å². The number of sulfonamides is 1. The SMILES string of the molecule is COCCOCc1ncc(C(C)NS(=O)(=O)CCCCCN2CC(=O)NC2=O)[nH]1. The standard InChI is InChI=1S/C17H29N5O6S/c1-13(14-10-18-15(19-14)12-28-8-7-27-2)21-29(25,26)9-5-3-4-6-22-11-16(23)20-17(22)24/h10,13,21H,3-9,11-12H2,1-2H3,(H,18,19)(H,20,23,24). The Labute approximate surface area is 170 Å². The van der Waals surface area contributed by atoms with E-state index in [0.29, 0.717) is 57.1 Å². The van der Waals surface area contributed by atoms with Crippen LogP contribution in [0.15, 0.2) is 6.20 Å². The molecule has 1 aromatic rings. The van der Waals surface area contributed by atoms with Gasteiger partial charge < -0.3 is 19.4 Å². The Balaban J connectivity index is 1.67. The molecule has 1 fully saturated rings. The number of imide groups is 1. The van der Waals surface area contributed by atoms with E-state index in [9.17, 15) is 18.0 Å². The van der Waals surface area contributed by atoms with E-state index in [1.165, 1.54) is 4.90 Å². The number of aromatic amines is 1. The lowest BCUT2D eigenvalue weighted by Gasteiger charge is -2.14. The molecule has 0 spiro atoms. The number of nitrogens with one attached hydrogen (secondary N) is 3. The number of imidazole rings is 1. The van der Waals surface area contributed by atoms with Gasteiger partial charge in [0.1, 0.15) is 19.0 Å². The summed E-state index contributed by atoms with van der Waals surface area (Å²) in [5.41, 5.74) is 0.656. The zero-order chi connectivity index (χ0) is 21.3. The van der Waals surface area contributed by atoms with Gasteiger partial charge in [-0.25, -0.2) is 22.9 Å².